The molecule has 0 unspecified atom stereocenters. The van der Waals surface area contributed by atoms with Crippen LogP contribution in [0.2, 0.25) is 0 Å². The lowest BCUT2D eigenvalue weighted by atomic mass is 9.68. The van der Waals surface area contributed by atoms with E-state index in [1.165, 1.54) is 21.8 Å². The van der Waals surface area contributed by atoms with Crippen LogP contribution in [-0.2, 0) is 19.2 Å². The minimum Gasteiger partial charge on any atom is -0.307 e. The second kappa shape index (κ2) is 8.69. The third-order valence-corrected chi connectivity index (χ3v) is 10.8. The topological polar surface area (TPSA) is 104 Å². The van der Waals surface area contributed by atoms with Gasteiger partial charge in [-0.1, -0.05) is 59.4 Å². The first kappa shape index (κ1) is 23.2. The van der Waals surface area contributed by atoms with E-state index >= 15 is 0 Å². The highest BCUT2D eigenvalue weighted by Crippen LogP contribution is 2.68. The van der Waals surface area contributed by atoms with E-state index in [9.17, 15) is 14.4 Å². The van der Waals surface area contributed by atoms with Gasteiger partial charge in [0.05, 0.1) is 22.5 Å². The van der Waals surface area contributed by atoms with Crippen molar-refractivity contribution in [1.82, 2.24) is 4.98 Å². The number of H-pyrrole nitrogens is 1. The Morgan fingerprint density at radius 1 is 0.917 bits per heavy atom. The normalized spacial score (nSPS) is 31.2. The fourth-order valence-electron chi connectivity index (χ4n) is 7.00. The Bertz CT molecular complexity index is 1440. The summed E-state index contributed by atoms with van der Waals surface area (Å²) in [6, 6.07) is 18.0. The molecule has 1 N–H and O–H groups in total. The van der Waals surface area contributed by atoms with E-state index in [0.717, 1.165) is 21.9 Å². The molecule has 2 amide bonds. The highest BCUT2D eigenvalue weighted by atomic mass is 32.2. The van der Waals surface area contributed by atoms with Gasteiger partial charge in [-0.05, 0) is 48.8 Å². The molecule has 0 spiro atoms. The first-order valence-electron chi connectivity index (χ1n) is 11.8. The van der Waals surface area contributed by atoms with Gasteiger partial charge in [-0.15, -0.1) is 11.8 Å². The molecule has 9 heteroatoms. The fourth-order valence-corrected chi connectivity index (χ4v) is 9.89. The predicted molar refractivity (Wildman–Crippen MR) is 134 cm³/mol. The number of carbonyl (C=O) groups excluding carboxylic acids is 4. The molecule has 0 radical (unpaired) electrons. The van der Waals surface area contributed by atoms with E-state index in [-0.39, 0.29) is 63.6 Å². The van der Waals surface area contributed by atoms with Crippen LogP contribution in [0.1, 0.15) is 28.3 Å². The summed E-state index contributed by atoms with van der Waals surface area (Å²) >= 11 is 3.03. The first-order chi connectivity index (χ1) is 17.4. The molecule has 4 aliphatic rings. The third kappa shape index (κ3) is 3.30. The summed E-state index contributed by atoms with van der Waals surface area (Å²) in [6.45, 7) is 2.00. The van der Waals surface area contributed by atoms with Crippen LogP contribution in [0.25, 0.3) is 0 Å². The van der Waals surface area contributed by atoms with Crippen molar-refractivity contribution in [2.45, 2.75) is 29.5 Å². The van der Waals surface area contributed by atoms with Crippen molar-refractivity contribution in [1.29, 1.82) is 0 Å². The molecule has 36 heavy (non-hydrogen) atoms. The molecule has 3 fully saturated rings. The molecule has 1 aromatic heterocycles. The molecule has 7 nitrogen and oxygen atoms in total. The number of nitrogens with zero attached hydrogens (tertiary/aromatic N) is 1. The summed E-state index contributed by atoms with van der Waals surface area (Å²) in [5, 5.41) is 1.19. The van der Waals surface area contributed by atoms with E-state index in [1.54, 1.807) is 11.8 Å². The van der Waals surface area contributed by atoms with Gasteiger partial charge in [0.25, 0.3) is 0 Å². The summed E-state index contributed by atoms with van der Waals surface area (Å²) in [6.07, 6.45) is 1.17. The van der Waals surface area contributed by atoms with Crippen molar-refractivity contribution in [2.24, 2.45) is 29.6 Å². The van der Waals surface area contributed by atoms with Gasteiger partial charge in [0.2, 0.25) is 11.8 Å². The van der Waals surface area contributed by atoms with Crippen LogP contribution >= 0.6 is 23.1 Å². The lowest BCUT2D eigenvalue weighted by Crippen LogP contribution is -2.42. The van der Waals surface area contributed by atoms with Gasteiger partial charge in [0.15, 0.2) is 0 Å². The van der Waals surface area contributed by atoms with Gasteiger partial charge < -0.3 is 4.98 Å². The molecule has 2 aliphatic heterocycles. The SMILES string of the molecule is Cc1ccc(N2C(=O)[C@@H]3[C@H]4C[C@H]([C@@H]5Sc6[nH]c(=O)sc6[C@@H](c6ccccc6)[C@H]45)[C@@H]3C2=O)cc1.O=C=O. The van der Waals surface area contributed by atoms with Crippen LogP contribution in [0.5, 0.6) is 0 Å². The number of carbonyl (C=O) groups is 2. The number of thiazole rings is 1. The molecule has 7 rings (SSSR count). The van der Waals surface area contributed by atoms with Crippen molar-refractivity contribution >= 4 is 46.8 Å². The summed E-state index contributed by atoms with van der Waals surface area (Å²) in [4.78, 5) is 61.4. The first-order valence-corrected chi connectivity index (χ1v) is 13.5. The highest BCUT2D eigenvalue weighted by Gasteiger charge is 2.69. The predicted octanol–water partition coefficient (Wildman–Crippen LogP) is 3.84. The molecular weight excluding hydrogens is 496 g/mol. The van der Waals surface area contributed by atoms with Gasteiger partial charge in [-0.3, -0.25) is 19.3 Å². The Morgan fingerprint density at radius 3 is 2.22 bits per heavy atom. The minimum atomic E-state index is -0.255. The molecule has 1 saturated heterocycles. The lowest BCUT2D eigenvalue weighted by molar-refractivity contribution is -0.191. The molecule has 2 bridgehead atoms. The van der Waals surface area contributed by atoms with E-state index in [4.69, 9.17) is 9.59 Å². The Kier molecular flexibility index (Phi) is 5.59. The maximum absolute atomic E-state index is 13.7. The molecule has 3 aromatic rings. The van der Waals surface area contributed by atoms with Crippen molar-refractivity contribution in [2.75, 3.05) is 4.90 Å². The fraction of sp³-hybridized carbons (Fsp3) is 0.333. The molecule has 2 aromatic carbocycles. The van der Waals surface area contributed by atoms with Crippen LogP contribution < -0.4 is 9.77 Å². The van der Waals surface area contributed by atoms with Gasteiger partial charge >= 0.3 is 11.0 Å². The molecule has 3 heterocycles. The van der Waals surface area contributed by atoms with E-state index < -0.39 is 0 Å². The number of rotatable bonds is 2. The number of thioether (sulfide) groups is 1. The smallest absolute Gasteiger partial charge is 0.307 e. The van der Waals surface area contributed by atoms with Crippen LogP contribution in [0.3, 0.4) is 0 Å². The Balaban J connectivity index is 0.000000765. The van der Waals surface area contributed by atoms with Gasteiger partial charge in [-0.2, -0.15) is 9.59 Å². The third-order valence-electron chi connectivity index (χ3n) is 8.17. The number of aryl methyl sites for hydroxylation is 1. The number of amides is 2. The number of imide groups is 1. The minimum absolute atomic E-state index is 0.0290. The average Bonchev–Trinajstić information content (AvgIpc) is 3.60. The summed E-state index contributed by atoms with van der Waals surface area (Å²) in [5.41, 5.74) is 2.98. The number of benzene rings is 2. The van der Waals surface area contributed by atoms with Gasteiger partial charge in [0.1, 0.15) is 0 Å². The van der Waals surface area contributed by atoms with Crippen LogP contribution in [0.15, 0.2) is 64.4 Å². The van der Waals surface area contributed by atoms with Crippen molar-refractivity contribution in [3.8, 4) is 0 Å². The second-order valence-electron chi connectivity index (χ2n) is 9.80. The maximum atomic E-state index is 13.7. The number of aromatic nitrogens is 1. The van der Waals surface area contributed by atoms with Crippen LogP contribution in [0, 0.1) is 36.5 Å². The summed E-state index contributed by atoms with van der Waals surface area (Å²) < 4.78 is 0. The molecular formula is C27H22N2O5S2. The molecule has 182 valence electrons. The zero-order chi connectivity index (χ0) is 25.1. The number of aromatic amines is 1. The van der Waals surface area contributed by atoms with Crippen LogP contribution in [-0.4, -0.2) is 28.2 Å². The molecule has 2 saturated carbocycles. The quantitative estimate of drug-likeness (QED) is 0.517. The van der Waals surface area contributed by atoms with E-state index in [1.807, 2.05) is 49.4 Å². The zero-order valence-electron chi connectivity index (χ0n) is 19.2. The number of fused-ring (bicyclic) bond motifs is 9. The van der Waals surface area contributed by atoms with Crippen molar-refractivity contribution < 1.29 is 19.2 Å². The largest absolute Gasteiger partial charge is 0.373 e. The van der Waals surface area contributed by atoms with E-state index in [2.05, 4.69) is 17.1 Å². The average molecular weight is 519 g/mol. The number of hydrogen-bond acceptors (Lipinski definition) is 7. The van der Waals surface area contributed by atoms with E-state index in [0.29, 0.717) is 5.69 Å². The summed E-state index contributed by atoms with van der Waals surface area (Å²) in [7, 11) is 0. The highest BCUT2D eigenvalue weighted by molar-refractivity contribution is 8.00. The van der Waals surface area contributed by atoms with Gasteiger partial charge in [0, 0.05) is 16.0 Å². The summed E-state index contributed by atoms with van der Waals surface area (Å²) in [5.74, 6) is 0.0616. The Morgan fingerprint density at radius 2 is 1.56 bits per heavy atom. The van der Waals surface area contributed by atoms with Gasteiger partial charge in [-0.25, -0.2) is 0 Å². The zero-order valence-corrected chi connectivity index (χ0v) is 20.9. The molecule has 7 atom stereocenters. The second-order valence-corrected chi connectivity index (χ2v) is 12.0. The molecule has 2 aliphatic carbocycles. The number of nitrogens with one attached hydrogen (secondary N) is 1. The van der Waals surface area contributed by atoms with Crippen molar-refractivity contribution in [3.05, 3.63) is 80.3 Å². The monoisotopic (exact) mass is 518 g/mol. The van der Waals surface area contributed by atoms with Crippen molar-refractivity contribution in [3.63, 3.8) is 0 Å². The van der Waals surface area contributed by atoms with Crippen LogP contribution in [0.4, 0.5) is 5.69 Å². The number of anilines is 1. The Hall–Kier alpha value is -3.26. The standard InChI is InChI=1S/C26H22N2O3S2.CO2/c1-12-7-9-14(10-8-12)28-24(29)19-15-11-16(20(19)25(28)30)21-18(15)17(13-5-3-2-4-6-13)22-23(32-21)27-26(31)33-22;2-1-3/h2-10,15-21H,11H2,1H3,(H,27,31);/t15-,16-,17-,18-,19+,20-,21-;/m0./s1. The lowest BCUT2D eigenvalue weighted by Gasteiger charge is -2.43. The maximum Gasteiger partial charge on any atom is 0.373 e. The Labute approximate surface area is 214 Å². The number of hydrogen-bond donors (Lipinski definition) is 1.